The van der Waals surface area contributed by atoms with Crippen molar-refractivity contribution in [2.24, 2.45) is 0 Å². The number of hydrogen-bond donors (Lipinski definition) is 2. The van der Waals surface area contributed by atoms with Gasteiger partial charge in [-0.2, -0.15) is 0 Å². The molecule has 2 amide bonds. The molecule has 0 aliphatic carbocycles. The lowest BCUT2D eigenvalue weighted by Crippen LogP contribution is -2.43. The molecule has 0 spiro atoms. The van der Waals surface area contributed by atoms with E-state index in [9.17, 15) is 9.59 Å². The molecule has 0 bridgehead atoms. The molecule has 0 heterocycles. The molecule has 0 saturated heterocycles. The van der Waals surface area contributed by atoms with Crippen molar-refractivity contribution in [2.75, 3.05) is 13.2 Å². The first kappa shape index (κ1) is 20.3. The number of amides is 2. The fourth-order valence-corrected chi connectivity index (χ4v) is 2.38. The largest absolute Gasteiger partial charge is 0.494 e. The van der Waals surface area contributed by atoms with Gasteiger partial charge in [0.05, 0.1) is 6.61 Å². The third-order valence-corrected chi connectivity index (χ3v) is 3.89. The van der Waals surface area contributed by atoms with Gasteiger partial charge in [-0.25, -0.2) is 0 Å². The third kappa shape index (κ3) is 6.66. The van der Waals surface area contributed by atoms with Gasteiger partial charge in [0.25, 0.3) is 11.8 Å². The second-order valence-electron chi connectivity index (χ2n) is 6.29. The van der Waals surface area contributed by atoms with Crippen LogP contribution in [-0.4, -0.2) is 25.0 Å². The quantitative estimate of drug-likeness (QED) is 0.552. The van der Waals surface area contributed by atoms with E-state index in [1.807, 2.05) is 32.0 Å². The first-order chi connectivity index (χ1) is 13.0. The number of aryl methyl sites for hydroxylation is 2. The van der Waals surface area contributed by atoms with E-state index < -0.39 is 11.8 Å². The summed E-state index contributed by atoms with van der Waals surface area (Å²) in [7, 11) is 0. The first-order valence-electron chi connectivity index (χ1n) is 9.01. The molecule has 2 aromatic carbocycles. The number of carbonyl (C=O) groups excluding carboxylic acids is 2. The summed E-state index contributed by atoms with van der Waals surface area (Å²) in [5.41, 5.74) is 7.21. The van der Waals surface area contributed by atoms with Gasteiger partial charge in [-0.1, -0.05) is 31.0 Å². The van der Waals surface area contributed by atoms with Gasteiger partial charge < -0.3 is 9.47 Å². The Morgan fingerprint density at radius 3 is 2.37 bits per heavy atom. The first-order valence-corrected chi connectivity index (χ1v) is 9.01. The average molecular weight is 370 g/mol. The lowest BCUT2D eigenvalue weighted by Gasteiger charge is -2.11. The Bertz CT molecular complexity index is 772. The standard InChI is InChI=1S/C21H26N2O4/c1-4-5-12-26-18-9-7-17(8-10-18)21(25)23-22-20(24)14-27-19-11-6-15(2)13-16(19)3/h6-11,13H,4-5,12,14H2,1-3H3,(H,22,24)(H,23,25). The Hall–Kier alpha value is -3.02. The summed E-state index contributed by atoms with van der Waals surface area (Å²) in [6.07, 6.45) is 2.05. The van der Waals surface area contributed by atoms with Crippen LogP contribution >= 0.6 is 0 Å². The van der Waals surface area contributed by atoms with Gasteiger partial charge in [-0.05, 0) is 56.2 Å². The number of ether oxygens (including phenoxy) is 2. The van der Waals surface area contributed by atoms with Crippen LogP contribution in [0.2, 0.25) is 0 Å². The summed E-state index contributed by atoms with van der Waals surface area (Å²) in [4.78, 5) is 23.9. The minimum atomic E-state index is -0.442. The maximum atomic E-state index is 12.1. The lowest BCUT2D eigenvalue weighted by atomic mass is 10.1. The molecule has 0 fully saturated rings. The SMILES string of the molecule is CCCCOc1ccc(C(=O)NNC(=O)COc2ccc(C)cc2C)cc1. The van der Waals surface area contributed by atoms with E-state index >= 15 is 0 Å². The number of carbonyl (C=O) groups is 2. The minimum absolute atomic E-state index is 0.186. The summed E-state index contributed by atoms with van der Waals surface area (Å²) in [5.74, 6) is 0.504. The molecule has 144 valence electrons. The van der Waals surface area contributed by atoms with Crippen LogP contribution in [0.25, 0.3) is 0 Å². The molecule has 0 saturated carbocycles. The van der Waals surface area contributed by atoms with Gasteiger partial charge >= 0.3 is 0 Å². The van der Waals surface area contributed by atoms with E-state index in [1.54, 1.807) is 24.3 Å². The predicted molar refractivity (Wildman–Crippen MR) is 104 cm³/mol. The number of hydrogen-bond acceptors (Lipinski definition) is 4. The van der Waals surface area contributed by atoms with E-state index in [1.165, 1.54) is 0 Å². The van der Waals surface area contributed by atoms with Gasteiger partial charge in [0.15, 0.2) is 6.61 Å². The second kappa shape index (κ2) is 10.2. The Labute approximate surface area is 159 Å². The van der Waals surface area contributed by atoms with Crippen molar-refractivity contribution in [3.05, 3.63) is 59.2 Å². The number of hydrazine groups is 1. The number of benzene rings is 2. The van der Waals surface area contributed by atoms with Crippen molar-refractivity contribution < 1.29 is 19.1 Å². The topological polar surface area (TPSA) is 76.7 Å². The molecule has 2 aromatic rings. The number of unbranched alkanes of at least 4 members (excludes halogenated alkanes) is 1. The van der Waals surface area contributed by atoms with Crippen molar-refractivity contribution in [2.45, 2.75) is 33.6 Å². The molecule has 0 aromatic heterocycles. The maximum absolute atomic E-state index is 12.1. The molecule has 0 aliphatic heterocycles. The zero-order valence-electron chi connectivity index (χ0n) is 16.0. The van der Waals surface area contributed by atoms with E-state index in [-0.39, 0.29) is 6.61 Å². The highest BCUT2D eigenvalue weighted by Crippen LogP contribution is 2.18. The molecule has 2 N–H and O–H groups in total. The van der Waals surface area contributed by atoms with Gasteiger partial charge in [0.1, 0.15) is 11.5 Å². The van der Waals surface area contributed by atoms with Crippen LogP contribution in [-0.2, 0) is 4.79 Å². The molecule has 27 heavy (non-hydrogen) atoms. The summed E-state index contributed by atoms with van der Waals surface area (Å²) >= 11 is 0. The van der Waals surface area contributed by atoms with Crippen LogP contribution in [0.5, 0.6) is 11.5 Å². The molecule has 0 radical (unpaired) electrons. The van der Waals surface area contributed by atoms with Crippen LogP contribution in [0, 0.1) is 13.8 Å². The molecular weight excluding hydrogens is 344 g/mol. The maximum Gasteiger partial charge on any atom is 0.276 e. The average Bonchev–Trinajstić information content (AvgIpc) is 2.66. The smallest absolute Gasteiger partial charge is 0.276 e. The van der Waals surface area contributed by atoms with Crippen molar-refractivity contribution in [3.63, 3.8) is 0 Å². The Kier molecular flexibility index (Phi) is 7.67. The van der Waals surface area contributed by atoms with Crippen molar-refractivity contribution in [3.8, 4) is 11.5 Å². The van der Waals surface area contributed by atoms with Crippen molar-refractivity contribution in [1.29, 1.82) is 0 Å². The predicted octanol–water partition coefficient (Wildman–Crippen LogP) is 3.32. The Morgan fingerprint density at radius 1 is 0.963 bits per heavy atom. The fraction of sp³-hybridized carbons (Fsp3) is 0.333. The van der Waals surface area contributed by atoms with E-state index in [0.29, 0.717) is 23.7 Å². The van der Waals surface area contributed by atoms with Crippen LogP contribution in [0.4, 0.5) is 0 Å². The molecule has 6 heteroatoms. The van der Waals surface area contributed by atoms with Gasteiger partial charge in [0, 0.05) is 5.56 Å². The van der Waals surface area contributed by atoms with Gasteiger partial charge in [0.2, 0.25) is 0 Å². The highest BCUT2D eigenvalue weighted by atomic mass is 16.5. The summed E-state index contributed by atoms with van der Waals surface area (Å²) in [6, 6.07) is 12.5. The normalized spacial score (nSPS) is 10.2. The summed E-state index contributed by atoms with van der Waals surface area (Å²) < 4.78 is 11.0. The highest BCUT2D eigenvalue weighted by molar-refractivity contribution is 5.95. The van der Waals surface area contributed by atoms with Crippen LogP contribution in [0.1, 0.15) is 41.3 Å². The highest BCUT2D eigenvalue weighted by Gasteiger charge is 2.09. The van der Waals surface area contributed by atoms with E-state index in [4.69, 9.17) is 9.47 Å². The van der Waals surface area contributed by atoms with Crippen LogP contribution in [0.3, 0.4) is 0 Å². The molecule has 0 aliphatic rings. The van der Waals surface area contributed by atoms with Crippen LogP contribution < -0.4 is 20.3 Å². The van der Waals surface area contributed by atoms with Crippen molar-refractivity contribution >= 4 is 11.8 Å². The zero-order valence-corrected chi connectivity index (χ0v) is 16.0. The third-order valence-electron chi connectivity index (χ3n) is 3.89. The minimum Gasteiger partial charge on any atom is -0.494 e. The zero-order chi connectivity index (χ0) is 19.6. The second-order valence-corrected chi connectivity index (χ2v) is 6.29. The number of rotatable bonds is 8. The monoisotopic (exact) mass is 370 g/mol. The molecule has 2 rings (SSSR count). The van der Waals surface area contributed by atoms with Gasteiger partial charge in [-0.3, -0.25) is 20.4 Å². The lowest BCUT2D eigenvalue weighted by molar-refractivity contribution is -0.123. The Balaban J connectivity index is 1.76. The fourth-order valence-electron chi connectivity index (χ4n) is 2.38. The Morgan fingerprint density at radius 2 is 1.70 bits per heavy atom. The van der Waals surface area contributed by atoms with E-state index in [0.717, 1.165) is 24.0 Å². The molecule has 0 unspecified atom stereocenters. The van der Waals surface area contributed by atoms with Crippen molar-refractivity contribution in [1.82, 2.24) is 10.9 Å². The van der Waals surface area contributed by atoms with E-state index in [2.05, 4.69) is 17.8 Å². The molecular formula is C21H26N2O4. The summed E-state index contributed by atoms with van der Waals surface area (Å²) in [5, 5.41) is 0. The van der Waals surface area contributed by atoms with Gasteiger partial charge in [-0.15, -0.1) is 0 Å². The van der Waals surface area contributed by atoms with Crippen LogP contribution in [0.15, 0.2) is 42.5 Å². The number of nitrogens with one attached hydrogen (secondary N) is 2. The molecule has 0 atom stereocenters. The molecule has 6 nitrogen and oxygen atoms in total. The summed E-state index contributed by atoms with van der Waals surface area (Å²) in [6.45, 7) is 6.46.